The first-order chi connectivity index (χ1) is 8.38. The Morgan fingerprint density at radius 3 is 2.44 bits per heavy atom. The fourth-order valence-electron chi connectivity index (χ4n) is 2.07. The summed E-state index contributed by atoms with van der Waals surface area (Å²) >= 11 is 3.14. The number of amides is 1. The molecule has 18 heavy (non-hydrogen) atoms. The van der Waals surface area contributed by atoms with Crippen molar-refractivity contribution in [3.05, 3.63) is 22.6 Å². The number of carbonyl (C=O) groups excluding carboxylic acids is 1. The Hall–Kier alpha value is -0.820. The van der Waals surface area contributed by atoms with Crippen LogP contribution >= 0.6 is 15.9 Å². The Bertz CT molecular complexity index is 543. The molecule has 1 aliphatic heterocycles. The monoisotopic (exact) mass is 335 g/mol. The second-order valence-electron chi connectivity index (χ2n) is 4.42. The molecule has 1 aliphatic rings. The van der Waals surface area contributed by atoms with E-state index in [1.54, 1.807) is 17.0 Å². The first-order valence-corrected chi connectivity index (χ1v) is 8.36. The van der Waals surface area contributed by atoms with Gasteiger partial charge in [0.25, 0.3) is 5.91 Å². The van der Waals surface area contributed by atoms with Crippen LogP contribution in [-0.4, -0.2) is 43.8 Å². The smallest absolute Gasteiger partial charge is 0.289 e. The molecule has 1 aromatic heterocycles. The van der Waals surface area contributed by atoms with E-state index >= 15 is 0 Å². The fraction of sp³-hybridized carbons (Fsp3) is 0.545. The zero-order chi connectivity index (χ0) is 13.3. The van der Waals surface area contributed by atoms with Crippen LogP contribution in [0.3, 0.4) is 0 Å². The lowest BCUT2D eigenvalue weighted by molar-refractivity contribution is 0.0692. The maximum atomic E-state index is 12.0. The SMILES string of the molecule is CS(=O)(=O)C1CCN(C(=O)c2ccc(Br)o2)CC1. The molecule has 0 aliphatic carbocycles. The number of furan rings is 1. The average Bonchev–Trinajstić information content (AvgIpc) is 2.74. The lowest BCUT2D eigenvalue weighted by Crippen LogP contribution is -2.42. The standard InChI is InChI=1S/C11H14BrNO4S/c1-18(15,16)8-4-6-13(7-5-8)11(14)9-2-3-10(12)17-9/h2-3,8H,4-7H2,1H3. The molecule has 2 heterocycles. The van der Waals surface area contributed by atoms with Gasteiger partial charge in [-0.25, -0.2) is 8.42 Å². The van der Waals surface area contributed by atoms with Crippen LogP contribution in [0.4, 0.5) is 0 Å². The van der Waals surface area contributed by atoms with Crippen LogP contribution in [-0.2, 0) is 9.84 Å². The molecular weight excluding hydrogens is 322 g/mol. The Morgan fingerprint density at radius 1 is 1.39 bits per heavy atom. The van der Waals surface area contributed by atoms with Gasteiger partial charge in [0.15, 0.2) is 10.4 Å². The van der Waals surface area contributed by atoms with Crippen LogP contribution in [0.1, 0.15) is 23.4 Å². The van der Waals surface area contributed by atoms with Crippen molar-refractivity contribution in [2.75, 3.05) is 19.3 Å². The van der Waals surface area contributed by atoms with Crippen molar-refractivity contribution >= 4 is 31.7 Å². The topological polar surface area (TPSA) is 67.6 Å². The molecule has 0 spiro atoms. The van der Waals surface area contributed by atoms with Crippen LogP contribution in [0.5, 0.6) is 0 Å². The number of carbonyl (C=O) groups is 1. The number of nitrogens with zero attached hydrogens (tertiary/aromatic N) is 1. The second-order valence-corrected chi connectivity index (χ2v) is 7.53. The van der Waals surface area contributed by atoms with Gasteiger partial charge >= 0.3 is 0 Å². The van der Waals surface area contributed by atoms with Gasteiger partial charge in [-0.3, -0.25) is 4.79 Å². The summed E-state index contributed by atoms with van der Waals surface area (Å²) in [6, 6.07) is 3.27. The van der Waals surface area contributed by atoms with E-state index in [-0.39, 0.29) is 16.9 Å². The number of rotatable bonds is 2. The van der Waals surface area contributed by atoms with Gasteiger partial charge in [0.05, 0.1) is 5.25 Å². The summed E-state index contributed by atoms with van der Waals surface area (Å²) in [5.41, 5.74) is 0. The largest absolute Gasteiger partial charge is 0.444 e. The Kier molecular flexibility index (Phi) is 3.82. The maximum Gasteiger partial charge on any atom is 0.289 e. The van der Waals surface area contributed by atoms with Crippen molar-refractivity contribution in [3.8, 4) is 0 Å². The quantitative estimate of drug-likeness (QED) is 0.824. The van der Waals surface area contributed by atoms with Gasteiger partial charge in [-0.15, -0.1) is 0 Å². The van der Waals surface area contributed by atoms with Crippen molar-refractivity contribution in [2.24, 2.45) is 0 Å². The summed E-state index contributed by atoms with van der Waals surface area (Å²) in [6.07, 6.45) is 2.23. The molecule has 2 rings (SSSR count). The minimum Gasteiger partial charge on any atom is -0.444 e. The van der Waals surface area contributed by atoms with Crippen molar-refractivity contribution in [1.29, 1.82) is 0 Å². The predicted molar refractivity (Wildman–Crippen MR) is 70.2 cm³/mol. The van der Waals surface area contributed by atoms with Gasteiger partial charge in [-0.1, -0.05) is 0 Å². The Morgan fingerprint density at radius 2 is 2.00 bits per heavy atom. The Balaban J connectivity index is 2.00. The van der Waals surface area contributed by atoms with E-state index in [1.165, 1.54) is 6.26 Å². The third kappa shape index (κ3) is 2.95. The van der Waals surface area contributed by atoms with E-state index in [2.05, 4.69) is 15.9 Å². The van der Waals surface area contributed by atoms with Gasteiger partial charge in [0.1, 0.15) is 9.84 Å². The molecule has 0 radical (unpaired) electrons. The van der Waals surface area contributed by atoms with Gasteiger partial charge < -0.3 is 9.32 Å². The predicted octanol–water partition coefficient (Wildman–Crippen LogP) is 1.69. The van der Waals surface area contributed by atoms with Crippen molar-refractivity contribution in [2.45, 2.75) is 18.1 Å². The lowest BCUT2D eigenvalue weighted by Gasteiger charge is -2.30. The van der Waals surface area contributed by atoms with Crippen molar-refractivity contribution in [1.82, 2.24) is 4.90 Å². The molecule has 0 atom stereocenters. The summed E-state index contributed by atoms with van der Waals surface area (Å²) in [7, 11) is -3.00. The minimum absolute atomic E-state index is 0.187. The zero-order valence-electron chi connectivity index (χ0n) is 9.93. The Labute approximate surface area is 114 Å². The molecule has 7 heteroatoms. The fourth-order valence-corrected chi connectivity index (χ4v) is 3.45. The highest BCUT2D eigenvalue weighted by molar-refractivity contribution is 9.10. The lowest BCUT2D eigenvalue weighted by atomic mass is 10.1. The van der Waals surface area contributed by atoms with Crippen molar-refractivity contribution in [3.63, 3.8) is 0 Å². The van der Waals surface area contributed by atoms with Crippen LogP contribution in [0.25, 0.3) is 0 Å². The van der Waals surface area contributed by atoms with Gasteiger partial charge in [0.2, 0.25) is 0 Å². The number of sulfone groups is 1. The molecule has 0 unspecified atom stereocenters. The highest BCUT2D eigenvalue weighted by Gasteiger charge is 2.30. The van der Waals surface area contributed by atoms with Crippen LogP contribution in [0.2, 0.25) is 0 Å². The number of hydrogen-bond acceptors (Lipinski definition) is 4. The summed E-state index contributed by atoms with van der Waals surface area (Å²) in [5.74, 6) is 0.0901. The van der Waals surface area contributed by atoms with E-state index in [0.717, 1.165) is 0 Å². The number of piperidine rings is 1. The summed E-state index contributed by atoms with van der Waals surface area (Å²) < 4.78 is 28.5. The molecule has 1 aromatic rings. The normalized spacial score (nSPS) is 18.0. The van der Waals surface area contributed by atoms with Gasteiger partial charge in [-0.05, 0) is 40.9 Å². The zero-order valence-corrected chi connectivity index (χ0v) is 12.3. The molecule has 0 bridgehead atoms. The molecular formula is C11H14BrNO4S. The highest BCUT2D eigenvalue weighted by atomic mass is 79.9. The average molecular weight is 336 g/mol. The molecule has 0 aromatic carbocycles. The summed E-state index contributed by atoms with van der Waals surface area (Å²) in [5, 5.41) is -0.329. The van der Waals surface area contributed by atoms with Crippen molar-refractivity contribution < 1.29 is 17.6 Å². The number of halogens is 1. The third-order valence-corrected chi connectivity index (χ3v) is 5.23. The highest BCUT2D eigenvalue weighted by Crippen LogP contribution is 2.21. The first-order valence-electron chi connectivity index (χ1n) is 5.61. The molecule has 5 nitrogen and oxygen atoms in total. The van der Waals surface area contributed by atoms with E-state index < -0.39 is 9.84 Å². The molecule has 1 amide bonds. The number of hydrogen-bond donors (Lipinski definition) is 0. The van der Waals surface area contributed by atoms with E-state index in [9.17, 15) is 13.2 Å². The minimum atomic E-state index is -3.00. The van der Waals surface area contributed by atoms with Crippen LogP contribution in [0, 0.1) is 0 Å². The molecule has 100 valence electrons. The van der Waals surface area contributed by atoms with Gasteiger partial charge in [-0.2, -0.15) is 0 Å². The molecule has 1 saturated heterocycles. The van der Waals surface area contributed by atoms with E-state index in [1.807, 2.05) is 0 Å². The second kappa shape index (κ2) is 5.05. The summed E-state index contributed by atoms with van der Waals surface area (Å²) in [4.78, 5) is 13.7. The molecule has 1 fully saturated rings. The van der Waals surface area contributed by atoms with Crippen LogP contribution in [0.15, 0.2) is 21.2 Å². The van der Waals surface area contributed by atoms with Gasteiger partial charge in [0, 0.05) is 19.3 Å². The van der Waals surface area contributed by atoms with E-state index in [4.69, 9.17) is 4.42 Å². The summed E-state index contributed by atoms with van der Waals surface area (Å²) in [6.45, 7) is 0.907. The third-order valence-electron chi connectivity index (χ3n) is 3.12. The van der Waals surface area contributed by atoms with Crippen LogP contribution < -0.4 is 0 Å². The maximum absolute atomic E-state index is 12.0. The van der Waals surface area contributed by atoms with E-state index in [0.29, 0.717) is 30.6 Å². The molecule has 0 N–H and O–H groups in total. The first kappa shape index (κ1) is 13.6. The number of likely N-dealkylation sites (tertiary alicyclic amines) is 1. The molecule has 0 saturated carbocycles.